The lowest BCUT2D eigenvalue weighted by atomic mass is 10.1. The molecule has 0 atom stereocenters. The second-order valence-electron chi connectivity index (χ2n) is 4.76. The van der Waals surface area contributed by atoms with Gasteiger partial charge in [0.2, 0.25) is 0 Å². The number of hydrogen-bond donors (Lipinski definition) is 2. The predicted molar refractivity (Wildman–Crippen MR) is 77.9 cm³/mol. The van der Waals surface area contributed by atoms with E-state index in [2.05, 4.69) is 15.3 Å². The van der Waals surface area contributed by atoms with E-state index in [-0.39, 0.29) is 5.82 Å². The molecule has 0 aliphatic rings. The Balaban J connectivity index is 1.52. The van der Waals surface area contributed by atoms with Crippen LogP contribution in [0.2, 0.25) is 0 Å². The van der Waals surface area contributed by atoms with Gasteiger partial charge in [0, 0.05) is 0 Å². The third-order valence-corrected chi connectivity index (χ3v) is 3.21. The van der Waals surface area contributed by atoms with Crippen molar-refractivity contribution in [1.29, 1.82) is 0 Å². The van der Waals surface area contributed by atoms with Gasteiger partial charge < -0.3 is 10.3 Å². The van der Waals surface area contributed by atoms with Gasteiger partial charge in [0.1, 0.15) is 11.6 Å². The van der Waals surface area contributed by atoms with Crippen molar-refractivity contribution in [3.63, 3.8) is 0 Å². The molecule has 0 amide bonds. The van der Waals surface area contributed by atoms with Gasteiger partial charge in [0.25, 0.3) is 0 Å². The molecule has 1 aromatic heterocycles. The van der Waals surface area contributed by atoms with Crippen molar-refractivity contribution in [2.24, 2.45) is 0 Å². The van der Waals surface area contributed by atoms with Gasteiger partial charge in [-0.25, -0.2) is 9.37 Å². The van der Waals surface area contributed by atoms with Crippen molar-refractivity contribution in [3.8, 4) is 0 Å². The molecular formula is C16H16FN3. The fourth-order valence-corrected chi connectivity index (χ4v) is 2.22. The van der Waals surface area contributed by atoms with Gasteiger partial charge >= 0.3 is 0 Å². The summed E-state index contributed by atoms with van der Waals surface area (Å²) < 4.78 is 13.0. The summed E-state index contributed by atoms with van der Waals surface area (Å²) in [5, 5.41) is 3.31. The SMILES string of the molecule is Fc1cccc(CCNCc2nc3ccccc3[nH]2)c1. The summed E-state index contributed by atoms with van der Waals surface area (Å²) in [6, 6.07) is 14.7. The van der Waals surface area contributed by atoms with E-state index in [1.54, 1.807) is 12.1 Å². The molecular weight excluding hydrogens is 253 g/mol. The third kappa shape index (κ3) is 3.03. The van der Waals surface area contributed by atoms with E-state index < -0.39 is 0 Å². The summed E-state index contributed by atoms with van der Waals surface area (Å²) in [4.78, 5) is 7.76. The summed E-state index contributed by atoms with van der Waals surface area (Å²) in [7, 11) is 0. The molecule has 0 fully saturated rings. The zero-order valence-electron chi connectivity index (χ0n) is 11.1. The number of aromatic amines is 1. The second kappa shape index (κ2) is 5.84. The van der Waals surface area contributed by atoms with Crippen molar-refractivity contribution in [2.45, 2.75) is 13.0 Å². The van der Waals surface area contributed by atoms with Crippen molar-refractivity contribution in [1.82, 2.24) is 15.3 Å². The Morgan fingerprint density at radius 1 is 1.10 bits per heavy atom. The van der Waals surface area contributed by atoms with Gasteiger partial charge in [0.05, 0.1) is 17.6 Å². The first kappa shape index (κ1) is 12.8. The number of halogens is 1. The minimum Gasteiger partial charge on any atom is -0.341 e. The number of nitrogens with zero attached hydrogens (tertiary/aromatic N) is 1. The van der Waals surface area contributed by atoms with Crippen LogP contribution >= 0.6 is 0 Å². The highest BCUT2D eigenvalue weighted by Gasteiger charge is 2.01. The number of benzene rings is 2. The molecule has 0 saturated heterocycles. The molecule has 0 aliphatic heterocycles. The van der Waals surface area contributed by atoms with Crippen LogP contribution in [0.25, 0.3) is 11.0 Å². The van der Waals surface area contributed by atoms with Crippen LogP contribution in [0.3, 0.4) is 0 Å². The summed E-state index contributed by atoms with van der Waals surface area (Å²) in [5.74, 6) is 0.741. The van der Waals surface area contributed by atoms with Gasteiger partial charge in [-0.05, 0) is 42.8 Å². The number of hydrogen-bond acceptors (Lipinski definition) is 2. The highest BCUT2D eigenvalue weighted by Crippen LogP contribution is 2.10. The molecule has 20 heavy (non-hydrogen) atoms. The molecule has 102 valence electrons. The first-order valence-corrected chi connectivity index (χ1v) is 6.70. The van der Waals surface area contributed by atoms with E-state index in [1.807, 2.05) is 30.3 Å². The maximum absolute atomic E-state index is 13.0. The lowest BCUT2D eigenvalue weighted by Gasteiger charge is -2.03. The van der Waals surface area contributed by atoms with Crippen LogP contribution in [0.5, 0.6) is 0 Å². The van der Waals surface area contributed by atoms with E-state index in [0.29, 0.717) is 6.54 Å². The van der Waals surface area contributed by atoms with E-state index >= 15 is 0 Å². The third-order valence-electron chi connectivity index (χ3n) is 3.21. The van der Waals surface area contributed by atoms with Gasteiger partial charge in [-0.3, -0.25) is 0 Å². The molecule has 2 N–H and O–H groups in total. The smallest absolute Gasteiger partial charge is 0.123 e. The lowest BCUT2D eigenvalue weighted by Crippen LogP contribution is -2.17. The number of rotatable bonds is 5. The maximum atomic E-state index is 13.0. The zero-order chi connectivity index (χ0) is 13.8. The number of fused-ring (bicyclic) bond motifs is 1. The quantitative estimate of drug-likeness (QED) is 0.699. The average Bonchev–Trinajstić information content (AvgIpc) is 2.86. The topological polar surface area (TPSA) is 40.7 Å². The summed E-state index contributed by atoms with van der Waals surface area (Å²) in [6.07, 6.45) is 0.804. The largest absolute Gasteiger partial charge is 0.341 e. The average molecular weight is 269 g/mol. The number of H-pyrrole nitrogens is 1. The molecule has 1 heterocycles. The van der Waals surface area contributed by atoms with Gasteiger partial charge in [-0.15, -0.1) is 0 Å². The Labute approximate surface area is 116 Å². The van der Waals surface area contributed by atoms with Gasteiger partial charge in [0.15, 0.2) is 0 Å². The molecule has 4 heteroatoms. The van der Waals surface area contributed by atoms with Gasteiger partial charge in [-0.2, -0.15) is 0 Å². The first-order chi connectivity index (χ1) is 9.81. The summed E-state index contributed by atoms with van der Waals surface area (Å²) in [6.45, 7) is 1.48. The van der Waals surface area contributed by atoms with E-state index in [0.717, 1.165) is 35.4 Å². The second-order valence-corrected chi connectivity index (χ2v) is 4.76. The van der Waals surface area contributed by atoms with Crippen LogP contribution in [-0.4, -0.2) is 16.5 Å². The fraction of sp³-hybridized carbons (Fsp3) is 0.188. The fourth-order valence-electron chi connectivity index (χ4n) is 2.22. The van der Waals surface area contributed by atoms with Crippen LogP contribution in [0.4, 0.5) is 4.39 Å². The van der Waals surface area contributed by atoms with Crippen LogP contribution in [0.15, 0.2) is 48.5 Å². The van der Waals surface area contributed by atoms with E-state index in [4.69, 9.17) is 0 Å². The maximum Gasteiger partial charge on any atom is 0.123 e. The number of imidazole rings is 1. The minimum atomic E-state index is -0.181. The van der Waals surface area contributed by atoms with Crippen LogP contribution in [-0.2, 0) is 13.0 Å². The van der Waals surface area contributed by atoms with Crippen molar-refractivity contribution >= 4 is 11.0 Å². The molecule has 3 nitrogen and oxygen atoms in total. The minimum absolute atomic E-state index is 0.181. The molecule has 3 aromatic rings. The van der Waals surface area contributed by atoms with E-state index in [1.165, 1.54) is 6.07 Å². The summed E-state index contributed by atoms with van der Waals surface area (Å²) >= 11 is 0. The van der Waals surface area contributed by atoms with Crippen molar-refractivity contribution in [3.05, 3.63) is 65.7 Å². The number of nitrogens with one attached hydrogen (secondary N) is 2. The van der Waals surface area contributed by atoms with Crippen LogP contribution in [0, 0.1) is 5.82 Å². The standard InChI is InChI=1S/C16H16FN3/c17-13-5-3-4-12(10-13)8-9-18-11-16-19-14-6-1-2-7-15(14)20-16/h1-7,10,18H,8-9,11H2,(H,19,20). The van der Waals surface area contributed by atoms with Crippen LogP contribution < -0.4 is 5.32 Å². The lowest BCUT2D eigenvalue weighted by molar-refractivity contribution is 0.621. The van der Waals surface area contributed by atoms with Gasteiger partial charge in [-0.1, -0.05) is 24.3 Å². The normalized spacial score (nSPS) is 11.1. The predicted octanol–water partition coefficient (Wildman–Crippen LogP) is 3.03. The zero-order valence-corrected chi connectivity index (χ0v) is 11.1. The molecule has 0 unspecified atom stereocenters. The van der Waals surface area contributed by atoms with Crippen molar-refractivity contribution < 1.29 is 4.39 Å². The Bertz CT molecular complexity index is 673. The molecule has 0 bridgehead atoms. The molecule has 0 radical (unpaired) electrons. The molecule has 0 spiro atoms. The highest BCUT2D eigenvalue weighted by atomic mass is 19.1. The number of aromatic nitrogens is 2. The van der Waals surface area contributed by atoms with Crippen molar-refractivity contribution in [2.75, 3.05) is 6.54 Å². The first-order valence-electron chi connectivity index (χ1n) is 6.70. The molecule has 0 saturated carbocycles. The Hall–Kier alpha value is -2.20. The molecule has 0 aliphatic carbocycles. The Kier molecular flexibility index (Phi) is 3.74. The number of para-hydroxylation sites is 2. The Morgan fingerprint density at radius 3 is 2.85 bits per heavy atom. The van der Waals surface area contributed by atoms with E-state index in [9.17, 15) is 4.39 Å². The highest BCUT2D eigenvalue weighted by molar-refractivity contribution is 5.74. The molecule has 3 rings (SSSR count). The Morgan fingerprint density at radius 2 is 2.00 bits per heavy atom. The molecule has 2 aromatic carbocycles. The summed E-state index contributed by atoms with van der Waals surface area (Å²) in [5.41, 5.74) is 3.03. The monoisotopic (exact) mass is 269 g/mol. The van der Waals surface area contributed by atoms with Crippen LogP contribution in [0.1, 0.15) is 11.4 Å².